The molecule has 5 aromatic rings. The van der Waals surface area contributed by atoms with Gasteiger partial charge >= 0.3 is 0 Å². The molecule has 0 saturated carbocycles. The Morgan fingerprint density at radius 1 is 0.487 bits per heavy atom. The standard InChI is InChI=1S/C20H18O2.C14H15NO2/c1-20(15-5-3-2-4-6-15,16-7-11-18(21)12-8-16)17-9-13-19(22)14-10-17;1-16-13-7-3-11(4-8-13)15-12-5-9-14(17-2)10-6-12/h2-14,21-22H,1H3;3-10,15H,1-2H3. The summed E-state index contributed by atoms with van der Waals surface area (Å²) in [6, 6.07) is 40.4. The predicted octanol–water partition coefficient (Wildman–Crippen LogP) is 7.90. The summed E-state index contributed by atoms with van der Waals surface area (Å²) in [6.45, 7) is 2.15. The van der Waals surface area contributed by atoms with E-state index in [1.54, 1.807) is 38.5 Å². The molecule has 0 bridgehead atoms. The molecule has 0 unspecified atom stereocenters. The van der Waals surface area contributed by atoms with Gasteiger partial charge in [0.1, 0.15) is 23.0 Å². The lowest BCUT2D eigenvalue weighted by molar-refractivity contribution is 0.415. The molecule has 5 heteroatoms. The molecule has 0 amide bonds. The second-order valence-corrected chi connectivity index (χ2v) is 9.17. The normalized spacial score (nSPS) is 10.6. The molecule has 0 aliphatic carbocycles. The third kappa shape index (κ3) is 6.70. The topological polar surface area (TPSA) is 71.0 Å². The van der Waals surface area contributed by atoms with Crippen molar-refractivity contribution in [3.05, 3.63) is 144 Å². The summed E-state index contributed by atoms with van der Waals surface area (Å²) in [5.74, 6) is 2.21. The fraction of sp³-hybridized carbons (Fsp3) is 0.118. The number of nitrogens with one attached hydrogen (secondary N) is 1. The van der Waals surface area contributed by atoms with E-state index in [1.807, 2.05) is 91.0 Å². The highest BCUT2D eigenvalue weighted by Gasteiger charge is 2.30. The van der Waals surface area contributed by atoms with Crippen LogP contribution in [0.25, 0.3) is 0 Å². The number of benzene rings is 5. The second kappa shape index (κ2) is 12.6. The maximum atomic E-state index is 9.57. The molecule has 0 aromatic heterocycles. The Bertz CT molecular complexity index is 1340. The van der Waals surface area contributed by atoms with Gasteiger partial charge in [-0.25, -0.2) is 0 Å². The molecule has 0 aliphatic heterocycles. The van der Waals surface area contributed by atoms with E-state index < -0.39 is 0 Å². The Balaban J connectivity index is 0.000000187. The van der Waals surface area contributed by atoms with E-state index in [9.17, 15) is 10.2 Å². The number of phenols is 2. The molecule has 5 aromatic carbocycles. The third-order valence-electron chi connectivity index (χ3n) is 6.71. The zero-order valence-corrected chi connectivity index (χ0v) is 22.3. The van der Waals surface area contributed by atoms with Crippen LogP contribution in [0.5, 0.6) is 23.0 Å². The first-order valence-corrected chi connectivity index (χ1v) is 12.6. The highest BCUT2D eigenvalue weighted by molar-refractivity contribution is 5.61. The lowest BCUT2D eigenvalue weighted by Crippen LogP contribution is -2.25. The molecule has 0 fully saturated rings. The maximum Gasteiger partial charge on any atom is 0.119 e. The molecule has 5 rings (SSSR count). The summed E-state index contributed by atoms with van der Waals surface area (Å²) in [5, 5.41) is 22.4. The average molecular weight is 520 g/mol. The summed E-state index contributed by atoms with van der Waals surface area (Å²) >= 11 is 0. The van der Waals surface area contributed by atoms with Crippen molar-refractivity contribution in [3.63, 3.8) is 0 Å². The summed E-state index contributed by atoms with van der Waals surface area (Å²) in [4.78, 5) is 0. The first-order chi connectivity index (χ1) is 18.9. The van der Waals surface area contributed by atoms with Gasteiger partial charge < -0.3 is 25.0 Å². The highest BCUT2D eigenvalue weighted by Crippen LogP contribution is 2.39. The van der Waals surface area contributed by atoms with E-state index in [2.05, 4.69) is 24.4 Å². The number of hydrogen-bond acceptors (Lipinski definition) is 5. The molecule has 39 heavy (non-hydrogen) atoms. The maximum absolute atomic E-state index is 9.57. The summed E-state index contributed by atoms with van der Waals surface area (Å²) in [6.07, 6.45) is 0. The molecule has 0 aliphatic rings. The van der Waals surface area contributed by atoms with Crippen molar-refractivity contribution < 1.29 is 19.7 Å². The molecule has 0 atom stereocenters. The van der Waals surface area contributed by atoms with Crippen molar-refractivity contribution in [1.29, 1.82) is 0 Å². The van der Waals surface area contributed by atoms with Crippen molar-refractivity contribution in [2.24, 2.45) is 0 Å². The van der Waals surface area contributed by atoms with E-state index in [1.165, 1.54) is 0 Å². The molecule has 0 saturated heterocycles. The molecular formula is C34H33NO4. The molecule has 0 spiro atoms. The number of phenolic OH excluding ortho intramolecular Hbond substituents is 2. The van der Waals surface area contributed by atoms with Crippen LogP contribution in [0.3, 0.4) is 0 Å². The molecule has 0 heterocycles. The van der Waals surface area contributed by atoms with Gasteiger partial charge in [0.05, 0.1) is 14.2 Å². The second-order valence-electron chi connectivity index (χ2n) is 9.17. The summed E-state index contributed by atoms with van der Waals surface area (Å²) in [5.41, 5.74) is 5.02. The van der Waals surface area contributed by atoms with Crippen molar-refractivity contribution >= 4 is 11.4 Å². The Kier molecular flexibility index (Phi) is 8.75. The minimum atomic E-state index is -0.358. The number of aromatic hydroxyl groups is 2. The molecular weight excluding hydrogens is 486 g/mol. The molecule has 198 valence electrons. The van der Waals surface area contributed by atoms with E-state index in [0.717, 1.165) is 39.6 Å². The van der Waals surface area contributed by atoms with Crippen LogP contribution in [-0.2, 0) is 5.41 Å². The van der Waals surface area contributed by atoms with Crippen LogP contribution >= 0.6 is 0 Å². The van der Waals surface area contributed by atoms with Gasteiger partial charge in [-0.3, -0.25) is 0 Å². The first-order valence-electron chi connectivity index (χ1n) is 12.6. The zero-order valence-electron chi connectivity index (χ0n) is 22.3. The zero-order chi connectivity index (χ0) is 27.7. The van der Waals surface area contributed by atoms with Crippen LogP contribution in [-0.4, -0.2) is 24.4 Å². The van der Waals surface area contributed by atoms with Gasteiger partial charge in [0.15, 0.2) is 0 Å². The molecule has 3 N–H and O–H groups in total. The van der Waals surface area contributed by atoms with Crippen LogP contribution < -0.4 is 14.8 Å². The fourth-order valence-corrected chi connectivity index (χ4v) is 4.38. The minimum absolute atomic E-state index is 0.255. The van der Waals surface area contributed by atoms with Gasteiger partial charge in [-0.15, -0.1) is 0 Å². The SMILES string of the molecule is CC(c1ccccc1)(c1ccc(O)cc1)c1ccc(O)cc1.COc1ccc(Nc2ccc(OC)cc2)cc1. The number of ether oxygens (including phenoxy) is 2. The van der Waals surface area contributed by atoms with E-state index in [0.29, 0.717) is 0 Å². The van der Waals surface area contributed by atoms with Crippen molar-refractivity contribution in [1.82, 2.24) is 0 Å². The smallest absolute Gasteiger partial charge is 0.119 e. The summed E-state index contributed by atoms with van der Waals surface area (Å²) < 4.78 is 10.2. The Hall–Kier alpha value is -4.90. The largest absolute Gasteiger partial charge is 0.508 e. The Labute approximate surface area is 229 Å². The molecule has 0 radical (unpaired) electrons. The highest BCUT2D eigenvalue weighted by atomic mass is 16.5. The predicted molar refractivity (Wildman–Crippen MR) is 157 cm³/mol. The van der Waals surface area contributed by atoms with E-state index >= 15 is 0 Å². The van der Waals surface area contributed by atoms with Gasteiger partial charge in [-0.2, -0.15) is 0 Å². The lowest BCUT2D eigenvalue weighted by Gasteiger charge is -2.32. The summed E-state index contributed by atoms with van der Waals surface area (Å²) in [7, 11) is 3.32. The number of anilines is 2. The van der Waals surface area contributed by atoms with Crippen LogP contribution in [0.4, 0.5) is 11.4 Å². The van der Waals surface area contributed by atoms with Crippen LogP contribution in [0.2, 0.25) is 0 Å². The van der Waals surface area contributed by atoms with Gasteiger partial charge in [0, 0.05) is 16.8 Å². The fourth-order valence-electron chi connectivity index (χ4n) is 4.38. The van der Waals surface area contributed by atoms with Gasteiger partial charge in [0.25, 0.3) is 0 Å². The van der Waals surface area contributed by atoms with Crippen molar-refractivity contribution in [2.75, 3.05) is 19.5 Å². The Morgan fingerprint density at radius 2 is 0.846 bits per heavy atom. The average Bonchev–Trinajstić information content (AvgIpc) is 2.99. The number of methoxy groups -OCH3 is 2. The quantitative estimate of drug-likeness (QED) is 0.191. The number of rotatable bonds is 7. The van der Waals surface area contributed by atoms with Gasteiger partial charge in [-0.05, 0) is 96.4 Å². The van der Waals surface area contributed by atoms with Crippen molar-refractivity contribution in [3.8, 4) is 23.0 Å². The monoisotopic (exact) mass is 519 g/mol. The van der Waals surface area contributed by atoms with Crippen LogP contribution in [0, 0.1) is 0 Å². The lowest BCUT2D eigenvalue weighted by atomic mass is 9.71. The van der Waals surface area contributed by atoms with E-state index in [4.69, 9.17) is 9.47 Å². The van der Waals surface area contributed by atoms with Gasteiger partial charge in [-0.1, -0.05) is 54.6 Å². The van der Waals surface area contributed by atoms with Crippen LogP contribution in [0.15, 0.2) is 127 Å². The van der Waals surface area contributed by atoms with Gasteiger partial charge in [0.2, 0.25) is 0 Å². The van der Waals surface area contributed by atoms with E-state index in [-0.39, 0.29) is 16.9 Å². The first kappa shape index (κ1) is 27.1. The Morgan fingerprint density at radius 3 is 1.21 bits per heavy atom. The third-order valence-corrected chi connectivity index (χ3v) is 6.71. The van der Waals surface area contributed by atoms with Crippen LogP contribution in [0.1, 0.15) is 23.6 Å². The molecule has 5 nitrogen and oxygen atoms in total. The van der Waals surface area contributed by atoms with Crippen molar-refractivity contribution in [2.45, 2.75) is 12.3 Å². The number of hydrogen-bond donors (Lipinski definition) is 3. The minimum Gasteiger partial charge on any atom is -0.508 e.